The van der Waals surface area contributed by atoms with Gasteiger partial charge in [0.2, 0.25) is 0 Å². The van der Waals surface area contributed by atoms with Gasteiger partial charge in [0.05, 0.1) is 25.4 Å². The first-order valence-electron chi connectivity index (χ1n) is 6.52. The summed E-state index contributed by atoms with van der Waals surface area (Å²) in [5.74, 6) is 1.10. The molecule has 0 aromatic rings. The molecule has 0 fully saturated rings. The largest absolute Gasteiger partial charge is 0.389 e. The number of hydrogen-bond acceptors (Lipinski definition) is 5. The normalized spacial score (nSPS) is 16.8. The Labute approximate surface area is 116 Å². The second-order valence-electron chi connectivity index (χ2n) is 4.71. The zero-order valence-electron chi connectivity index (χ0n) is 12.4. The minimum Gasteiger partial charge on any atom is -0.389 e. The fourth-order valence-electron chi connectivity index (χ4n) is 1.84. The van der Waals surface area contributed by atoms with Crippen molar-refractivity contribution in [3.05, 3.63) is 0 Å². The maximum absolute atomic E-state index is 9.94. The van der Waals surface area contributed by atoms with Gasteiger partial charge in [0.25, 0.3) is 0 Å². The predicted octanol–water partition coefficient (Wildman–Crippen LogP) is 1.47. The molecule has 18 heavy (non-hydrogen) atoms. The van der Waals surface area contributed by atoms with E-state index < -0.39 is 6.10 Å². The van der Waals surface area contributed by atoms with E-state index in [1.54, 1.807) is 7.11 Å². The van der Waals surface area contributed by atoms with Crippen molar-refractivity contribution in [1.29, 1.82) is 0 Å². The first kappa shape index (κ1) is 18.2. The van der Waals surface area contributed by atoms with Crippen molar-refractivity contribution in [2.45, 2.75) is 38.5 Å². The molecule has 0 rings (SSSR count). The minimum atomic E-state index is -0.440. The Morgan fingerprint density at radius 1 is 1.33 bits per heavy atom. The zero-order valence-corrected chi connectivity index (χ0v) is 13.2. The van der Waals surface area contributed by atoms with Gasteiger partial charge < -0.3 is 14.6 Å². The van der Waals surface area contributed by atoms with Crippen molar-refractivity contribution in [3.8, 4) is 0 Å². The number of rotatable bonds is 11. The first-order valence-corrected chi connectivity index (χ1v) is 7.92. The Kier molecular flexibility index (Phi) is 11.2. The van der Waals surface area contributed by atoms with Crippen LogP contribution in [0.3, 0.4) is 0 Å². The molecule has 0 heterocycles. The van der Waals surface area contributed by atoms with Crippen molar-refractivity contribution >= 4 is 11.8 Å². The Hall–Kier alpha value is 0.190. The summed E-state index contributed by atoms with van der Waals surface area (Å²) in [7, 11) is 3.71. The molecule has 3 unspecified atom stereocenters. The molecule has 0 aromatic heterocycles. The number of aliphatic hydroxyl groups excluding tert-OH is 1. The Bertz CT molecular complexity index is 195. The highest BCUT2D eigenvalue weighted by molar-refractivity contribution is 7.98. The van der Waals surface area contributed by atoms with E-state index >= 15 is 0 Å². The molecular weight excluding hydrogens is 250 g/mol. The molecule has 0 aliphatic heterocycles. The van der Waals surface area contributed by atoms with Crippen LogP contribution in [0.1, 0.15) is 20.3 Å². The lowest BCUT2D eigenvalue weighted by Gasteiger charge is -2.28. The van der Waals surface area contributed by atoms with Crippen LogP contribution in [0, 0.1) is 0 Å². The van der Waals surface area contributed by atoms with Crippen molar-refractivity contribution < 1.29 is 14.6 Å². The van der Waals surface area contributed by atoms with E-state index in [2.05, 4.69) is 25.1 Å². The lowest BCUT2D eigenvalue weighted by Crippen LogP contribution is -2.40. The summed E-state index contributed by atoms with van der Waals surface area (Å²) in [5.41, 5.74) is 0. The van der Waals surface area contributed by atoms with E-state index in [1.165, 1.54) is 0 Å². The van der Waals surface area contributed by atoms with Crippen LogP contribution in [0.5, 0.6) is 0 Å². The lowest BCUT2D eigenvalue weighted by molar-refractivity contribution is -0.0401. The topological polar surface area (TPSA) is 41.9 Å². The van der Waals surface area contributed by atoms with Gasteiger partial charge in [0.1, 0.15) is 0 Å². The average Bonchev–Trinajstić information content (AvgIpc) is 2.33. The van der Waals surface area contributed by atoms with Gasteiger partial charge in [-0.15, -0.1) is 0 Å². The molecule has 0 aliphatic rings. The number of hydrogen-bond donors (Lipinski definition) is 1. The Morgan fingerprint density at radius 2 is 2.00 bits per heavy atom. The van der Waals surface area contributed by atoms with Gasteiger partial charge in [-0.1, -0.05) is 6.92 Å². The van der Waals surface area contributed by atoms with Gasteiger partial charge >= 0.3 is 0 Å². The highest BCUT2D eigenvalue weighted by Gasteiger charge is 2.16. The summed E-state index contributed by atoms with van der Waals surface area (Å²) in [6.45, 7) is 5.71. The van der Waals surface area contributed by atoms with E-state index in [4.69, 9.17) is 9.47 Å². The fraction of sp³-hybridized carbons (Fsp3) is 1.00. The molecule has 0 bridgehead atoms. The van der Waals surface area contributed by atoms with Crippen LogP contribution in [-0.2, 0) is 9.47 Å². The smallest absolute Gasteiger partial charge is 0.0900 e. The molecule has 5 heteroatoms. The van der Waals surface area contributed by atoms with Gasteiger partial charge in [-0.05, 0) is 26.6 Å². The molecule has 110 valence electrons. The quantitative estimate of drug-likeness (QED) is 0.620. The number of thioether (sulfide) groups is 1. The zero-order chi connectivity index (χ0) is 14.0. The standard InChI is InChI=1S/C13H29NO3S/c1-6-12(10-18-5)14(3)7-13(15)9-17-11(2)8-16-4/h11-13,15H,6-10H2,1-5H3. The molecule has 0 radical (unpaired) electrons. The maximum Gasteiger partial charge on any atom is 0.0900 e. The molecule has 0 spiro atoms. The number of likely N-dealkylation sites (N-methyl/N-ethyl adjacent to an activating group) is 1. The monoisotopic (exact) mass is 279 g/mol. The second kappa shape index (κ2) is 11.1. The third kappa shape index (κ3) is 8.32. The number of nitrogens with zero attached hydrogens (tertiary/aromatic N) is 1. The summed E-state index contributed by atoms with van der Waals surface area (Å²) in [6.07, 6.45) is 2.81. The van der Waals surface area contributed by atoms with Crippen LogP contribution in [-0.4, -0.2) is 74.2 Å². The molecule has 0 saturated carbocycles. The van der Waals surface area contributed by atoms with Crippen LogP contribution in [0.15, 0.2) is 0 Å². The summed E-state index contributed by atoms with van der Waals surface area (Å²) >= 11 is 1.84. The number of ether oxygens (including phenoxy) is 2. The minimum absolute atomic E-state index is 0.0307. The summed E-state index contributed by atoms with van der Waals surface area (Å²) in [6, 6.07) is 0.519. The van der Waals surface area contributed by atoms with E-state index in [9.17, 15) is 5.11 Å². The van der Waals surface area contributed by atoms with E-state index in [-0.39, 0.29) is 6.10 Å². The highest BCUT2D eigenvalue weighted by atomic mass is 32.2. The molecule has 1 N–H and O–H groups in total. The van der Waals surface area contributed by atoms with Crippen molar-refractivity contribution in [3.63, 3.8) is 0 Å². The third-order valence-corrected chi connectivity index (χ3v) is 3.64. The van der Waals surface area contributed by atoms with Crippen LogP contribution < -0.4 is 0 Å². The summed E-state index contributed by atoms with van der Waals surface area (Å²) < 4.78 is 10.5. The van der Waals surface area contributed by atoms with E-state index in [0.717, 1.165) is 12.2 Å². The van der Waals surface area contributed by atoms with E-state index in [0.29, 0.717) is 25.8 Å². The van der Waals surface area contributed by atoms with Gasteiger partial charge in [-0.2, -0.15) is 11.8 Å². The van der Waals surface area contributed by atoms with Crippen LogP contribution in [0.4, 0.5) is 0 Å². The Morgan fingerprint density at radius 3 is 2.50 bits per heavy atom. The number of methoxy groups -OCH3 is 1. The van der Waals surface area contributed by atoms with Crippen molar-refractivity contribution in [2.75, 3.05) is 45.9 Å². The molecule has 4 nitrogen and oxygen atoms in total. The van der Waals surface area contributed by atoms with Crippen molar-refractivity contribution in [1.82, 2.24) is 4.90 Å². The maximum atomic E-state index is 9.94. The van der Waals surface area contributed by atoms with Crippen LogP contribution in [0.25, 0.3) is 0 Å². The number of aliphatic hydroxyl groups is 1. The fourth-order valence-corrected chi connectivity index (χ4v) is 2.72. The first-order chi connectivity index (χ1) is 8.54. The predicted molar refractivity (Wildman–Crippen MR) is 78.4 cm³/mol. The summed E-state index contributed by atoms with van der Waals surface area (Å²) in [4.78, 5) is 2.21. The molecule has 0 aliphatic carbocycles. The molecule has 3 atom stereocenters. The second-order valence-corrected chi connectivity index (χ2v) is 5.62. The molecule has 0 saturated heterocycles. The van der Waals surface area contributed by atoms with E-state index in [1.807, 2.05) is 18.7 Å². The van der Waals surface area contributed by atoms with Gasteiger partial charge in [-0.25, -0.2) is 0 Å². The van der Waals surface area contributed by atoms with Gasteiger partial charge in [-0.3, -0.25) is 4.90 Å². The summed E-state index contributed by atoms with van der Waals surface area (Å²) in [5, 5.41) is 9.94. The van der Waals surface area contributed by atoms with Crippen LogP contribution >= 0.6 is 11.8 Å². The molecule has 0 amide bonds. The SMILES string of the molecule is CCC(CSC)N(C)CC(O)COC(C)COC. The van der Waals surface area contributed by atoms with Gasteiger partial charge in [0, 0.05) is 25.4 Å². The molecule has 0 aromatic carbocycles. The van der Waals surface area contributed by atoms with Crippen molar-refractivity contribution in [2.24, 2.45) is 0 Å². The highest BCUT2D eigenvalue weighted by Crippen LogP contribution is 2.09. The van der Waals surface area contributed by atoms with Gasteiger partial charge in [0.15, 0.2) is 0 Å². The Balaban J connectivity index is 3.87. The third-order valence-electron chi connectivity index (χ3n) is 2.93. The van der Waals surface area contributed by atoms with Crippen LogP contribution in [0.2, 0.25) is 0 Å². The average molecular weight is 279 g/mol. The molecular formula is C13H29NO3S. The lowest BCUT2D eigenvalue weighted by atomic mass is 10.2.